The second-order valence-corrected chi connectivity index (χ2v) is 8.87. The van der Waals surface area contributed by atoms with Crippen LogP contribution in [0, 0.1) is 16.0 Å². The summed E-state index contributed by atoms with van der Waals surface area (Å²) in [7, 11) is 0. The van der Waals surface area contributed by atoms with Crippen LogP contribution in [0.25, 0.3) is 0 Å². The maximum Gasteiger partial charge on any atom is 0.269 e. The number of nitro benzene ring substituents is 1. The molecule has 2 fully saturated rings. The zero-order valence-corrected chi connectivity index (χ0v) is 17.6. The number of nitro groups is 1. The average molecular weight is 443 g/mol. The van der Waals surface area contributed by atoms with E-state index in [4.69, 9.17) is 4.42 Å². The Labute approximate surface area is 189 Å². The van der Waals surface area contributed by atoms with Crippen molar-refractivity contribution >= 4 is 23.1 Å². The van der Waals surface area contributed by atoms with Gasteiger partial charge in [-0.15, -0.1) is 0 Å². The van der Waals surface area contributed by atoms with Crippen LogP contribution in [-0.4, -0.2) is 34.1 Å². The van der Waals surface area contributed by atoms with Crippen molar-refractivity contribution in [2.45, 2.75) is 30.3 Å². The molecule has 6 rings (SSSR count). The van der Waals surface area contributed by atoms with E-state index in [9.17, 15) is 19.7 Å². The number of Topliss-reactive ketones (excluding diaryl/α,β-unsaturated/α-hetero) is 1. The number of nitrogens with one attached hydrogen (secondary N) is 1. The van der Waals surface area contributed by atoms with Crippen molar-refractivity contribution in [3.8, 4) is 0 Å². The molecule has 3 aliphatic heterocycles. The Morgan fingerprint density at radius 2 is 2.00 bits per heavy atom. The van der Waals surface area contributed by atoms with E-state index in [-0.39, 0.29) is 29.2 Å². The fourth-order valence-corrected chi connectivity index (χ4v) is 6.31. The van der Waals surface area contributed by atoms with Gasteiger partial charge in [0, 0.05) is 35.3 Å². The quantitative estimate of drug-likeness (QED) is 0.370. The summed E-state index contributed by atoms with van der Waals surface area (Å²) in [6.07, 6.45) is 3.13. The molecule has 0 radical (unpaired) electrons. The molecule has 0 bridgehead atoms. The second-order valence-electron chi connectivity index (χ2n) is 8.87. The molecule has 2 saturated heterocycles. The lowest BCUT2D eigenvalue weighted by Crippen LogP contribution is -2.52. The lowest BCUT2D eigenvalue weighted by Gasteiger charge is -2.36. The first-order valence-electron chi connectivity index (χ1n) is 11.0. The van der Waals surface area contributed by atoms with Gasteiger partial charge in [0.05, 0.1) is 17.1 Å². The minimum Gasteiger partial charge on any atom is -0.461 e. The summed E-state index contributed by atoms with van der Waals surface area (Å²) in [6.45, 7) is 0.666. The summed E-state index contributed by atoms with van der Waals surface area (Å²) in [5.41, 5.74) is 0.944. The van der Waals surface area contributed by atoms with Gasteiger partial charge >= 0.3 is 0 Å². The Morgan fingerprint density at radius 1 is 1.15 bits per heavy atom. The molecular formula is C25H21N3O5. The number of furan rings is 1. The Morgan fingerprint density at radius 3 is 2.79 bits per heavy atom. The Balaban J connectivity index is 1.62. The molecule has 8 nitrogen and oxygen atoms in total. The second kappa shape index (κ2) is 7.11. The highest BCUT2D eigenvalue weighted by Gasteiger charge is 2.69. The van der Waals surface area contributed by atoms with Gasteiger partial charge in [0.1, 0.15) is 5.54 Å². The van der Waals surface area contributed by atoms with E-state index >= 15 is 0 Å². The molecule has 1 amide bonds. The van der Waals surface area contributed by atoms with E-state index in [1.807, 2.05) is 30.3 Å². The first-order valence-corrected chi connectivity index (χ1v) is 11.0. The predicted octanol–water partition coefficient (Wildman–Crippen LogP) is 4.10. The summed E-state index contributed by atoms with van der Waals surface area (Å²) in [5.74, 6) is -1.50. The summed E-state index contributed by atoms with van der Waals surface area (Å²) in [4.78, 5) is 41.1. The van der Waals surface area contributed by atoms with E-state index in [2.05, 4.69) is 10.2 Å². The molecule has 0 unspecified atom stereocenters. The van der Waals surface area contributed by atoms with E-state index < -0.39 is 22.3 Å². The van der Waals surface area contributed by atoms with Gasteiger partial charge < -0.3 is 9.73 Å². The van der Waals surface area contributed by atoms with E-state index in [0.717, 1.165) is 18.4 Å². The number of amides is 1. The molecule has 4 atom stereocenters. The molecule has 4 heterocycles. The topological polar surface area (TPSA) is 106 Å². The van der Waals surface area contributed by atoms with Crippen LogP contribution in [0.1, 0.15) is 40.4 Å². The summed E-state index contributed by atoms with van der Waals surface area (Å²) in [5, 5.41) is 14.5. The number of ketones is 1. The van der Waals surface area contributed by atoms with Crippen molar-refractivity contribution in [2.75, 3.05) is 11.9 Å². The van der Waals surface area contributed by atoms with Crippen LogP contribution in [0.4, 0.5) is 11.4 Å². The van der Waals surface area contributed by atoms with Crippen LogP contribution in [0.2, 0.25) is 0 Å². The van der Waals surface area contributed by atoms with Crippen molar-refractivity contribution in [3.63, 3.8) is 0 Å². The maximum absolute atomic E-state index is 14.0. The number of carbonyl (C=O) groups is 2. The standard InChI is InChI=1S/C25H21N3O5/c29-23(20-11-5-13-33-20)22-21(15-6-3-7-16(14-15)28(31)32)19-10-4-12-27(19)25(22)17-8-1-2-9-18(17)26-24(25)30/h1-3,5-9,11,13-14,19,21-22H,4,10,12H2,(H,26,30)/t19-,21-,22-,25+/m0/s1. The number of carbonyl (C=O) groups excluding carboxylic acids is 2. The normalized spacial score (nSPS) is 28.0. The molecule has 166 valence electrons. The van der Waals surface area contributed by atoms with Crippen molar-refractivity contribution in [1.29, 1.82) is 0 Å². The predicted molar refractivity (Wildman–Crippen MR) is 119 cm³/mol. The van der Waals surface area contributed by atoms with Gasteiger partial charge in [-0.2, -0.15) is 0 Å². The third-order valence-electron chi connectivity index (χ3n) is 7.42. The number of non-ortho nitro benzene ring substituents is 1. The number of anilines is 1. The zero-order valence-electron chi connectivity index (χ0n) is 17.6. The molecular weight excluding hydrogens is 422 g/mol. The largest absolute Gasteiger partial charge is 0.461 e. The van der Waals surface area contributed by atoms with E-state index in [1.54, 1.807) is 24.3 Å². The van der Waals surface area contributed by atoms with E-state index in [1.165, 1.54) is 12.3 Å². The van der Waals surface area contributed by atoms with Crippen molar-refractivity contribution in [2.24, 2.45) is 5.92 Å². The molecule has 1 spiro atoms. The van der Waals surface area contributed by atoms with Crippen molar-refractivity contribution in [1.82, 2.24) is 4.90 Å². The first-order chi connectivity index (χ1) is 16.0. The lowest BCUT2D eigenvalue weighted by molar-refractivity contribution is -0.384. The average Bonchev–Trinajstić information content (AvgIpc) is 3.59. The highest BCUT2D eigenvalue weighted by Crippen LogP contribution is 2.61. The summed E-state index contributed by atoms with van der Waals surface area (Å²) in [6, 6.07) is 17.1. The number of hydrogen-bond acceptors (Lipinski definition) is 6. The fourth-order valence-electron chi connectivity index (χ4n) is 6.31. The van der Waals surface area contributed by atoms with Gasteiger partial charge in [0.2, 0.25) is 11.7 Å². The van der Waals surface area contributed by atoms with E-state index in [0.29, 0.717) is 17.8 Å². The van der Waals surface area contributed by atoms with Crippen LogP contribution in [0.15, 0.2) is 71.3 Å². The minimum atomic E-state index is -1.20. The molecule has 1 N–H and O–H groups in total. The zero-order chi connectivity index (χ0) is 22.7. The lowest BCUT2D eigenvalue weighted by atomic mass is 9.69. The molecule has 0 saturated carbocycles. The minimum absolute atomic E-state index is 0.0292. The Hall–Kier alpha value is -3.78. The highest BCUT2D eigenvalue weighted by atomic mass is 16.6. The molecule has 0 aliphatic carbocycles. The Bertz CT molecular complexity index is 1290. The molecule has 8 heteroatoms. The third-order valence-corrected chi connectivity index (χ3v) is 7.42. The SMILES string of the molecule is O=C(c1ccco1)[C@@H]1[C@@H](c2cccc([N+](=O)[O-])c2)[C@@H]2CCCN2[C@@]12C(=O)Nc1ccccc12. The fraction of sp³-hybridized carbons (Fsp3) is 0.280. The summed E-state index contributed by atoms with van der Waals surface area (Å²) >= 11 is 0. The number of benzene rings is 2. The Kier molecular flexibility index (Phi) is 4.28. The first kappa shape index (κ1) is 19.9. The van der Waals surface area contributed by atoms with Crippen molar-refractivity contribution < 1.29 is 18.9 Å². The van der Waals surface area contributed by atoms with Crippen LogP contribution >= 0.6 is 0 Å². The van der Waals surface area contributed by atoms with Crippen LogP contribution in [0.5, 0.6) is 0 Å². The monoisotopic (exact) mass is 443 g/mol. The molecule has 3 aliphatic rings. The van der Waals surface area contributed by atoms with Crippen molar-refractivity contribution in [3.05, 3.63) is 93.9 Å². The molecule has 1 aromatic heterocycles. The third kappa shape index (κ3) is 2.61. The highest BCUT2D eigenvalue weighted by molar-refractivity contribution is 6.11. The number of nitrogens with zero attached hydrogens (tertiary/aromatic N) is 2. The smallest absolute Gasteiger partial charge is 0.269 e. The molecule has 33 heavy (non-hydrogen) atoms. The van der Waals surface area contributed by atoms with Gasteiger partial charge in [-0.3, -0.25) is 24.6 Å². The van der Waals surface area contributed by atoms with Crippen LogP contribution in [0.3, 0.4) is 0 Å². The molecule has 3 aromatic rings. The van der Waals surface area contributed by atoms with Gasteiger partial charge in [-0.25, -0.2) is 0 Å². The number of para-hydroxylation sites is 1. The maximum atomic E-state index is 14.0. The van der Waals surface area contributed by atoms with Gasteiger partial charge in [0.25, 0.3) is 5.69 Å². The van der Waals surface area contributed by atoms with Gasteiger partial charge in [-0.1, -0.05) is 30.3 Å². The van der Waals surface area contributed by atoms with Gasteiger partial charge in [-0.05, 0) is 43.1 Å². The number of fused-ring (bicyclic) bond motifs is 4. The summed E-state index contributed by atoms with van der Waals surface area (Å²) < 4.78 is 5.49. The molecule has 2 aromatic carbocycles. The number of rotatable bonds is 4. The van der Waals surface area contributed by atoms with Gasteiger partial charge in [0.15, 0.2) is 5.76 Å². The number of hydrogen-bond donors (Lipinski definition) is 1. The van der Waals surface area contributed by atoms with Crippen LogP contribution in [-0.2, 0) is 10.3 Å². The van der Waals surface area contributed by atoms with Crippen LogP contribution < -0.4 is 5.32 Å².